The van der Waals surface area contributed by atoms with Gasteiger partial charge in [-0.2, -0.15) is 0 Å². The average molecular weight is 271 g/mol. The molecule has 0 bridgehead atoms. The van der Waals surface area contributed by atoms with Gasteiger partial charge in [0.2, 0.25) is 0 Å². The highest BCUT2D eigenvalue weighted by molar-refractivity contribution is 6.27. The van der Waals surface area contributed by atoms with Crippen LogP contribution in [0, 0.1) is 0 Å². The fourth-order valence-electron chi connectivity index (χ4n) is 1.89. The van der Waals surface area contributed by atoms with Crippen molar-refractivity contribution < 1.29 is 4.42 Å². The molecule has 3 aromatic rings. The Morgan fingerprint density at radius 3 is 1.89 bits per heavy atom. The molecular formula is C15H11ClN2O. The summed E-state index contributed by atoms with van der Waals surface area (Å²) in [4.78, 5) is 3.87. The van der Waals surface area contributed by atoms with Crippen LogP contribution in [-0.4, -0.2) is 4.98 Å². The summed E-state index contributed by atoms with van der Waals surface area (Å²) in [5, 5.41) is 0.151. The molecule has 1 aromatic heterocycles. The highest BCUT2D eigenvalue weighted by Crippen LogP contribution is 2.26. The largest absolute Gasteiger partial charge is 0.428 e. The summed E-state index contributed by atoms with van der Waals surface area (Å²) in [7, 11) is 0. The quantitative estimate of drug-likeness (QED) is 0.709. The van der Waals surface area contributed by atoms with E-state index in [0.29, 0.717) is 5.76 Å². The molecule has 19 heavy (non-hydrogen) atoms. The highest BCUT2D eigenvalue weighted by atomic mass is 35.5. The summed E-state index contributed by atoms with van der Waals surface area (Å²) < 4.78 is 5.27. The number of halogens is 1. The molecular weight excluding hydrogens is 260 g/mol. The molecule has 0 aliphatic carbocycles. The third-order valence-corrected chi connectivity index (χ3v) is 3.07. The van der Waals surface area contributed by atoms with Crippen LogP contribution in [0.3, 0.4) is 0 Å². The van der Waals surface area contributed by atoms with Gasteiger partial charge < -0.3 is 10.2 Å². The van der Waals surface area contributed by atoms with Gasteiger partial charge in [0, 0.05) is 11.3 Å². The van der Waals surface area contributed by atoms with E-state index in [1.165, 1.54) is 0 Å². The number of rotatable bonds is 2. The van der Waals surface area contributed by atoms with Gasteiger partial charge in [0.25, 0.3) is 5.35 Å². The molecule has 0 radical (unpaired) electrons. The zero-order valence-electron chi connectivity index (χ0n) is 10.0. The van der Waals surface area contributed by atoms with Crippen molar-refractivity contribution in [2.45, 2.75) is 0 Å². The van der Waals surface area contributed by atoms with E-state index in [1.807, 2.05) is 48.5 Å². The normalized spacial score (nSPS) is 10.6. The minimum atomic E-state index is 0.151. The predicted octanol–water partition coefficient (Wildman–Crippen LogP) is 4.24. The molecule has 2 N–H and O–H groups in total. The van der Waals surface area contributed by atoms with E-state index in [1.54, 1.807) is 6.20 Å². The third-order valence-electron chi connectivity index (χ3n) is 2.89. The Hall–Kier alpha value is -2.26. The van der Waals surface area contributed by atoms with Gasteiger partial charge in [-0.05, 0) is 34.9 Å². The number of hydrogen-bond acceptors (Lipinski definition) is 3. The molecule has 0 saturated carbocycles. The van der Waals surface area contributed by atoms with Crippen LogP contribution in [-0.2, 0) is 0 Å². The number of benzene rings is 2. The first-order valence-electron chi connectivity index (χ1n) is 5.80. The molecule has 2 aromatic carbocycles. The van der Waals surface area contributed by atoms with Crippen molar-refractivity contribution in [2.24, 2.45) is 0 Å². The molecule has 0 spiro atoms. The van der Waals surface area contributed by atoms with Crippen LogP contribution in [0.4, 0.5) is 5.69 Å². The average Bonchev–Trinajstić information content (AvgIpc) is 2.87. The monoisotopic (exact) mass is 270 g/mol. The second-order valence-corrected chi connectivity index (χ2v) is 4.50. The van der Waals surface area contributed by atoms with Crippen LogP contribution >= 0.6 is 11.6 Å². The lowest BCUT2D eigenvalue weighted by molar-refractivity contribution is 0.574. The van der Waals surface area contributed by atoms with E-state index in [0.717, 1.165) is 22.4 Å². The number of aromatic nitrogens is 1. The molecule has 0 fully saturated rings. The fourth-order valence-corrected chi connectivity index (χ4v) is 2.02. The third kappa shape index (κ3) is 2.46. The number of oxazole rings is 1. The zero-order chi connectivity index (χ0) is 13.2. The Morgan fingerprint density at radius 1 is 0.842 bits per heavy atom. The first-order valence-corrected chi connectivity index (χ1v) is 6.18. The second-order valence-electron chi connectivity index (χ2n) is 4.18. The summed E-state index contributed by atoms with van der Waals surface area (Å²) >= 11 is 5.66. The number of hydrogen-bond donors (Lipinski definition) is 1. The summed E-state index contributed by atoms with van der Waals surface area (Å²) in [5.41, 5.74) is 9.62. The number of nitrogens with two attached hydrogens (primary N) is 1. The van der Waals surface area contributed by atoms with E-state index in [9.17, 15) is 0 Å². The number of nitrogens with zero attached hydrogens (tertiary/aromatic N) is 1. The Morgan fingerprint density at radius 2 is 1.37 bits per heavy atom. The predicted molar refractivity (Wildman–Crippen MR) is 76.8 cm³/mol. The van der Waals surface area contributed by atoms with Crippen molar-refractivity contribution in [2.75, 3.05) is 5.73 Å². The summed E-state index contributed by atoms with van der Waals surface area (Å²) in [6.07, 6.45) is 1.61. The summed E-state index contributed by atoms with van der Waals surface area (Å²) in [5.74, 6) is 0.661. The van der Waals surface area contributed by atoms with Crippen molar-refractivity contribution in [3.63, 3.8) is 0 Å². The SMILES string of the molecule is Nc1ccc(-c2ccc(-c3cnc(Cl)o3)cc2)cc1. The van der Waals surface area contributed by atoms with Crippen molar-refractivity contribution >= 4 is 17.3 Å². The van der Waals surface area contributed by atoms with Crippen molar-refractivity contribution in [3.05, 3.63) is 60.1 Å². The van der Waals surface area contributed by atoms with E-state index in [2.05, 4.69) is 4.98 Å². The fraction of sp³-hybridized carbons (Fsp3) is 0. The molecule has 0 atom stereocenters. The highest BCUT2D eigenvalue weighted by Gasteiger charge is 2.05. The van der Waals surface area contributed by atoms with Gasteiger partial charge in [-0.15, -0.1) is 0 Å². The topological polar surface area (TPSA) is 52.0 Å². The zero-order valence-corrected chi connectivity index (χ0v) is 10.8. The lowest BCUT2D eigenvalue weighted by atomic mass is 10.0. The standard InChI is InChI=1S/C15H11ClN2O/c16-15-18-9-14(19-15)12-3-1-10(2-4-12)11-5-7-13(17)8-6-11/h1-9H,17H2. The number of anilines is 1. The maximum atomic E-state index is 5.68. The van der Waals surface area contributed by atoms with Crippen molar-refractivity contribution in [1.82, 2.24) is 4.98 Å². The molecule has 94 valence electrons. The van der Waals surface area contributed by atoms with Crippen LogP contribution in [0.5, 0.6) is 0 Å². The van der Waals surface area contributed by atoms with E-state index >= 15 is 0 Å². The van der Waals surface area contributed by atoms with Gasteiger partial charge in [-0.1, -0.05) is 36.4 Å². The molecule has 0 aliphatic rings. The van der Waals surface area contributed by atoms with Gasteiger partial charge in [0.05, 0.1) is 6.20 Å². The summed E-state index contributed by atoms with van der Waals surface area (Å²) in [6.45, 7) is 0. The van der Waals surface area contributed by atoms with Gasteiger partial charge in [0.15, 0.2) is 5.76 Å². The maximum Gasteiger partial charge on any atom is 0.292 e. The van der Waals surface area contributed by atoms with E-state index in [4.69, 9.17) is 21.8 Å². The van der Waals surface area contributed by atoms with E-state index < -0.39 is 0 Å². The van der Waals surface area contributed by atoms with Crippen molar-refractivity contribution in [3.8, 4) is 22.5 Å². The second kappa shape index (κ2) is 4.78. The molecule has 3 rings (SSSR count). The first kappa shape index (κ1) is 11.8. The molecule has 3 nitrogen and oxygen atoms in total. The summed E-state index contributed by atoms with van der Waals surface area (Å²) in [6, 6.07) is 15.8. The van der Waals surface area contributed by atoms with Crippen molar-refractivity contribution in [1.29, 1.82) is 0 Å². The van der Waals surface area contributed by atoms with E-state index in [-0.39, 0.29) is 5.35 Å². The smallest absolute Gasteiger partial charge is 0.292 e. The first-order chi connectivity index (χ1) is 9.22. The van der Waals surface area contributed by atoms with Crippen LogP contribution in [0.2, 0.25) is 5.35 Å². The molecule has 4 heteroatoms. The molecule has 0 unspecified atom stereocenters. The lowest BCUT2D eigenvalue weighted by Gasteiger charge is -2.03. The van der Waals surface area contributed by atoms with Crippen LogP contribution < -0.4 is 5.73 Å². The number of nitrogen functional groups attached to an aromatic ring is 1. The van der Waals surface area contributed by atoms with Crippen LogP contribution in [0.1, 0.15) is 0 Å². The van der Waals surface area contributed by atoms with Crippen LogP contribution in [0.15, 0.2) is 59.1 Å². The molecule has 0 aliphatic heterocycles. The van der Waals surface area contributed by atoms with Crippen LogP contribution in [0.25, 0.3) is 22.5 Å². The molecule has 0 amide bonds. The Labute approximate surface area is 115 Å². The minimum Gasteiger partial charge on any atom is -0.428 e. The van der Waals surface area contributed by atoms with Gasteiger partial charge in [-0.3, -0.25) is 0 Å². The lowest BCUT2D eigenvalue weighted by Crippen LogP contribution is -1.84. The molecule has 0 saturated heterocycles. The molecule has 1 heterocycles. The van der Waals surface area contributed by atoms with Gasteiger partial charge >= 0.3 is 0 Å². The Balaban J connectivity index is 1.92. The maximum absolute atomic E-state index is 5.68. The minimum absolute atomic E-state index is 0.151. The van der Waals surface area contributed by atoms with Gasteiger partial charge in [-0.25, -0.2) is 4.98 Å². The Bertz CT molecular complexity index is 687. The van der Waals surface area contributed by atoms with Gasteiger partial charge in [0.1, 0.15) is 0 Å². The Kier molecular flexibility index (Phi) is 2.97.